The average molecular weight is 252 g/mol. The Kier molecular flexibility index (Phi) is 2.74. The third-order valence-electron chi connectivity index (χ3n) is 2.63. The number of morpholine rings is 1. The van der Waals surface area contributed by atoms with Gasteiger partial charge < -0.3 is 9.64 Å². The minimum absolute atomic E-state index is 0.216. The van der Waals surface area contributed by atoms with Gasteiger partial charge in [-0.1, -0.05) is 0 Å². The highest BCUT2D eigenvalue weighted by Gasteiger charge is 2.17. The number of nitrogens with zero attached hydrogens (tertiary/aromatic N) is 5. The second-order valence-electron chi connectivity index (χ2n) is 3.67. The maximum absolute atomic E-state index is 5.91. The van der Waals surface area contributed by atoms with Crippen molar-refractivity contribution >= 4 is 28.5 Å². The van der Waals surface area contributed by atoms with Crippen molar-refractivity contribution in [1.29, 1.82) is 0 Å². The lowest BCUT2D eigenvalue weighted by Gasteiger charge is -2.28. The molecule has 1 aliphatic heterocycles. The molecule has 0 radical (unpaired) electrons. The number of hydrogen-bond acceptors (Lipinski definition) is 6. The van der Waals surface area contributed by atoms with Gasteiger partial charge >= 0.3 is 0 Å². The van der Waals surface area contributed by atoms with Gasteiger partial charge in [-0.2, -0.15) is 4.98 Å². The molecule has 0 bridgehead atoms. The molecule has 0 amide bonds. The highest BCUT2D eigenvalue weighted by molar-refractivity contribution is 6.28. The van der Waals surface area contributed by atoms with Crippen LogP contribution in [0.4, 0.5) is 5.82 Å². The highest BCUT2D eigenvalue weighted by atomic mass is 35.5. The van der Waals surface area contributed by atoms with Gasteiger partial charge in [-0.3, -0.25) is 0 Å². The van der Waals surface area contributed by atoms with Crippen LogP contribution in [-0.4, -0.2) is 46.2 Å². The van der Waals surface area contributed by atoms with Crippen LogP contribution in [0.1, 0.15) is 0 Å². The van der Waals surface area contributed by atoms with E-state index >= 15 is 0 Å². The Hall–Kier alpha value is -1.53. The van der Waals surface area contributed by atoms with Gasteiger partial charge in [0.2, 0.25) is 5.28 Å². The smallest absolute Gasteiger partial charge is 0.225 e. The molecule has 0 unspecified atom stereocenters. The fourth-order valence-corrected chi connectivity index (χ4v) is 2.01. The molecular weight excluding hydrogens is 242 g/mol. The van der Waals surface area contributed by atoms with Gasteiger partial charge in [0.05, 0.1) is 19.4 Å². The molecular formula is C10H10ClN5O. The van der Waals surface area contributed by atoms with E-state index in [1.54, 1.807) is 6.20 Å². The van der Waals surface area contributed by atoms with Crippen molar-refractivity contribution in [2.75, 3.05) is 31.2 Å². The molecule has 2 aromatic heterocycles. The Bertz CT molecular complexity index is 543. The van der Waals surface area contributed by atoms with Crippen molar-refractivity contribution < 1.29 is 4.74 Å². The Morgan fingerprint density at radius 2 is 2.06 bits per heavy atom. The summed E-state index contributed by atoms with van der Waals surface area (Å²) in [4.78, 5) is 18.6. The molecule has 3 rings (SSSR count). The molecule has 88 valence electrons. The number of hydrogen-bond donors (Lipinski definition) is 0. The van der Waals surface area contributed by atoms with Crippen LogP contribution in [0.15, 0.2) is 12.5 Å². The molecule has 7 heteroatoms. The zero-order chi connectivity index (χ0) is 11.7. The minimum Gasteiger partial charge on any atom is -0.378 e. The second kappa shape index (κ2) is 4.38. The van der Waals surface area contributed by atoms with E-state index in [0.717, 1.165) is 24.4 Å². The Morgan fingerprint density at radius 3 is 2.88 bits per heavy atom. The predicted molar refractivity (Wildman–Crippen MR) is 63.2 cm³/mol. The van der Waals surface area contributed by atoms with Crippen molar-refractivity contribution in [3.8, 4) is 0 Å². The Balaban J connectivity index is 2.13. The zero-order valence-corrected chi connectivity index (χ0v) is 9.76. The van der Waals surface area contributed by atoms with Crippen LogP contribution in [0.2, 0.25) is 5.28 Å². The molecule has 0 atom stereocenters. The number of ether oxygens (including phenoxy) is 1. The molecule has 6 nitrogen and oxygen atoms in total. The molecule has 3 heterocycles. The van der Waals surface area contributed by atoms with E-state index in [9.17, 15) is 0 Å². The molecule has 2 aromatic rings. The third kappa shape index (κ3) is 2.01. The molecule has 1 saturated heterocycles. The van der Waals surface area contributed by atoms with Crippen LogP contribution in [0.5, 0.6) is 0 Å². The summed E-state index contributed by atoms with van der Waals surface area (Å²) in [6.07, 6.45) is 3.13. The second-order valence-corrected chi connectivity index (χ2v) is 4.01. The molecule has 0 N–H and O–H groups in total. The average Bonchev–Trinajstić information content (AvgIpc) is 2.39. The van der Waals surface area contributed by atoms with Crippen molar-refractivity contribution in [3.05, 3.63) is 17.8 Å². The lowest BCUT2D eigenvalue weighted by Crippen LogP contribution is -2.37. The van der Waals surface area contributed by atoms with Gasteiger partial charge in [-0.05, 0) is 11.6 Å². The van der Waals surface area contributed by atoms with Crippen molar-refractivity contribution in [2.45, 2.75) is 0 Å². The summed E-state index contributed by atoms with van der Waals surface area (Å²) in [5, 5.41) is 0.216. The monoisotopic (exact) mass is 251 g/mol. The van der Waals surface area contributed by atoms with Crippen molar-refractivity contribution in [3.63, 3.8) is 0 Å². The van der Waals surface area contributed by atoms with E-state index in [0.29, 0.717) is 18.7 Å². The number of halogens is 1. The third-order valence-corrected chi connectivity index (χ3v) is 2.80. The predicted octanol–water partition coefficient (Wildman–Crippen LogP) is 0.910. The number of anilines is 1. The van der Waals surface area contributed by atoms with E-state index in [4.69, 9.17) is 16.3 Å². The first-order valence-corrected chi connectivity index (χ1v) is 5.68. The summed E-state index contributed by atoms with van der Waals surface area (Å²) in [5.74, 6) is 0.755. The molecule has 1 fully saturated rings. The van der Waals surface area contributed by atoms with Gasteiger partial charge in [0.25, 0.3) is 0 Å². The normalized spacial score (nSPS) is 16.4. The quantitative estimate of drug-likeness (QED) is 0.702. The summed E-state index contributed by atoms with van der Waals surface area (Å²) in [6, 6.07) is 0. The van der Waals surface area contributed by atoms with Gasteiger partial charge in [-0.15, -0.1) is 0 Å². The Morgan fingerprint density at radius 1 is 1.24 bits per heavy atom. The number of aromatic nitrogens is 4. The van der Waals surface area contributed by atoms with E-state index in [1.165, 1.54) is 6.33 Å². The molecule has 0 spiro atoms. The topological polar surface area (TPSA) is 64.0 Å². The molecule has 17 heavy (non-hydrogen) atoms. The Labute approximate surface area is 103 Å². The van der Waals surface area contributed by atoms with E-state index in [-0.39, 0.29) is 5.28 Å². The van der Waals surface area contributed by atoms with Crippen LogP contribution in [0.25, 0.3) is 11.0 Å². The zero-order valence-electron chi connectivity index (χ0n) is 9.01. The first-order chi connectivity index (χ1) is 8.34. The van der Waals surface area contributed by atoms with Crippen molar-refractivity contribution in [1.82, 2.24) is 19.9 Å². The largest absolute Gasteiger partial charge is 0.378 e. The first kappa shape index (κ1) is 10.6. The van der Waals surface area contributed by atoms with Crippen LogP contribution in [-0.2, 0) is 4.74 Å². The SMILES string of the molecule is Clc1nc(N2CCOCC2)c2ncncc2n1. The van der Waals surface area contributed by atoms with Crippen LogP contribution in [0, 0.1) is 0 Å². The van der Waals surface area contributed by atoms with Crippen molar-refractivity contribution in [2.24, 2.45) is 0 Å². The fourth-order valence-electron chi connectivity index (χ4n) is 1.84. The van der Waals surface area contributed by atoms with Gasteiger partial charge in [0, 0.05) is 13.1 Å². The summed E-state index contributed by atoms with van der Waals surface area (Å²) in [6.45, 7) is 2.95. The van der Waals surface area contributed by atoms with Crippen LogP contribution in [0.3, 0.4) is 0 Å². The van der Waals surface area contributed by atoms with Gasteiger partial charge in [0.15, 0.2) is 5.82 Å². The van der Waals surface area contributed by atoms with Crippen LogP contribution >= 0.6 is 11.6 Å². The van der Waals surface area contributed by atoms with E-state index < -0.39 is 0 Å². The van der Waals surface area contributed by atoms with E-state index in [2.05, 4.69) is 24.8 Å². The van der Waals surface area contributed by atoms with Gasteiger partial charge in [-0.25, -0.2) is 15.0 Å². The lowest BCUT2D eigenvalue weighted by atomic mass is 10.3. The molecule has 1 aliphatic rings. The number of fused-ring (bicyclic) bond motifs is 1. The highest BCUT2D eigenvalue weighted by Crippen LogP contribution is 2.23. The fraction of sp³-hybridized carbons (Fsp3) is 0.400. The molecule has 0 saturated carbocycles. The summed E-state index contributed by atoms with van der Waals surface area (Å²) in [5.41, 5.74) is 1.39. The standard InChI is InChI=1S/C10H10ClN5O/c11-10-14-7-5-12-6-13-8(7)9(15-10)16-1-3-17-4-2-16/h5-6H,1-4H2. The maximum atomic E-state index is 5.91. The molecule has 0 aromatic carbocycles. The lowest BCUT2D eigenvalue weighted by molar-refractivity contribution is 0.122. The number of rotatable bonds is 1. The minimum atomic E-state index is 0.216. The summed E-state index contributed by atoms with van der Waals surface area (Å²) < 4.78 is 5.31. The van der Waals surface area contributed by atoms with Gasteiger partial charge in [0.1, 0.15) is 17.4 Å². The first-order valence-electron chi connectivity index (χ1n) is 5.30. The summed E-state index contributed by atoms with van der Waals surface area (Å²) >= 11 is 5.91. The maximum Gasteiger partial charge on any atom is 0.225 e. The van der Waals surface area contributed by atoms with Crippen LogP contribution < -0.4 is 4.90 Å². The molecule has 0 aliphatic carbocycles. The summed E-state index contributed by atoms with van der Waals surface area (Å²) in [7, 11) is 0. The van der Waals surface area contributed by atoms with E-state index in [1.807, 2.05) is 0 Å².